The molecule has 41 heavy (non-hydrogen) atoms. The Morgan fingerprint density at radius 3 is 2.78 bits per heavy atom. The van der Waals surface area contributed by atoms with E-state index in [1.165, 1.54) is 0 Å². The molecule has 1 aliphatic heterocycles. The van der Waals surface area contributed by atoms with Crippen LogP contribution in [0.2, 0.25) is 0 Å². The van der Waals surface area contributed by atoms with E-state index >= 15 is 0 Å². The molecule has 1 saturated heterocycles. The van der Waals surface area contributed by atoms with Gasteiger partial charge in [0, 0.05) is 22.1 Å². The van der Waals surface area contributed by atoms with Gasteiger partial charge in [0.25, 0.3) is 0 Å². The van der Waals surface area contributed by atoms with Crippen LogP contribution < -0.4 is 4.74 Å². The fraction of sp³-hybridized carbons (Fsp3) is 0.543. The molecule has 2 aromatic rings. The van der Waals surface area contributed by atoms with Crippen molar-refractivity contribution < 1.29 is 28.9 Å². The van der Waals surface area contributed by atoms with Crippen LogP contribution in [0.4, 0.5) is 0 Å². The average molecular weight is 557 g/mol. The van der Waals surface area contributed by atoms with E-state index < -0.39 is 23.4 Å². The van der Waals surface area contributed by atoms with Gasteiger partial charge >= 0.3 is 0 Å². The van der Waals surface area contributed by atoms with E-state index in [2.05, 4.69) is 20.8 Å². The van der Waals surface area contributed by atoms with Gasteiger partial charge in [-0.15, -0.1) is 0 Å². The fourth-order valence-corrected chi connectivity index (χ4v) is 9.58. The van der Waals surface area contributed by atoms with Gasteiger partial charge in [0.05, 0.1) is 12.2 Å². The van der Waals surface area contributed by atoms with Gasteiger partial charge in [0.1, 0.15) is 12.4 Å². The Balaban J connectivity index is 1.23. The van der Waals surface area contributed by atoms with Crippen molar-refractivity contribution in [1.82, 2.24) is 0 Å². The minimum absolute atomic E-state index is 0.0192. The zero-order chi connectivity index (χ0) is 28.6. The van der Waals surface area contributed by atoms with Crippen molar-refractivity contribution in [2.24, 2.45) is 28.6 Å². The molecule has 6 heteroatoms. The summed E-state index contributed by atoms with van der Waals surface area (Å²) in [5.74, 6) is 0.921. The lowest BCUT2D eigenvalue weighted by molar-refractivity contribution is -0.200. The monoisotopic (exact) mass is 556 g/mol. The zero-order valence-electron chi connectivity index (χ0n) is 24.2. The summed E-state index contributed by atoms with van der Waals surface area (Å²) >= 11 is 0. The van der Waals surface area contributed by atoms with Crippen molar-refractivity contribution in [3.63, 3.8) is 0 Å². The summed E-state index contributed by atoms with van der Waals surface area (Å²) in [6, 6.07) is 13.9. The van der Waals surface area contributed by atoms with E-state index in [9.17, 15) is 14.7 Å². The Labute approximate surface area is 241 Å². The predicted octanol–water partition coefficient (Wildman–Crippen LogP) is 5.96. The number of ether oxygens (including phenoxy) is 3. The van der Waals surface area contributed by atoms with Crippen LogP contribution >= 0.6 is 0 Å². The molecule has 1 N–H and O–H groups in total. The molecule has 9 atom stereocenters. The van der Waals surface area contributed by atoms with Crippen LogP contribution in [0.3, 0.4) is 0 Å². The molecule has 6 nitrogen and oxygen atoms in total. The molecular weight excluding hydrogens is 516 g/mol. The van der Waals surface area contributed by atoms with Gasteiger partial charge in [-0.3, -0.25) is 9.59 Å². The molecule has 4 aliphatic carbocycles. The molecule has 2 aromatic carbocycles. The third-order valence-electron chi connectivity index (χ3n) is 11.3. The number of rotatable bonds is 6. The van der Waals surface area contributed by atoms with E-state index in [1.54, 1.807) is 12.2 Å². The maximum atomic E-state index is 14.5. The molecule has 5 aliphatic rings. The molecular formula is C35H40O6. The highest BCUT2D eigenvalue weighted by molar-refractivity contribution is 6.01. The summed E-state index contributed by atoms with van der Waals surface area (Å²) in [7, 11) is 0. The van der Waals surface area contributed by atoms with Crippen LogP contribution in [0.5, 0.6) is 5.75 Å². The van der Waals surface area contributed by atoms with Crippen LogP contribution in [-0.2, 0) is 19.1 Å². The minimum Gasteiger partial charge on any atom is -0.485 e. The van der Waals surface area contributed by atoms with Crippen LogP contribution in [-0.4, -0.2) is 47.4 Å². The lowest BCUT2D eigenvalue weighted by atomic mass is 9.46. The SMILES string of the molecule is CCCC1O[C@@H]2CC3C4CCC5=CC(=O)C=CC5(C)C4[C@@H](O)CC3(C)[C@]2(C(=O)COc2cccc3ccccc23)O1. The average Bonchev–Trinajstić information content (AvgIpc) is 3.44. The number of aliphatic hydroxyl groups excluding tert-OH is 1. The highest BCUT2D eigenvalue weighted by Crippen LogP contribution is 2.69. The van der Waals surface area contributed by atoms with Crippen LogP contribution in [0, 0.1) is 28.6 Å². The number of fused-ring (bicyclic) bond motifs is 8. The standard InChI is InChI=1S/C35H40O6/c1-4-8-31-40-30-18-26-25-14-13-22-17-23(36)15-16-33(22,2)32(25)27(37)19-34(26,3)35(30,41-31)29(38)20-39-28-12-7-10-21-9-5-6-11-24(21)28/h5-7,9-12,15-17,25-27,30-32,37H,4,8,13-14,18-20H2,1-3H3/t25?,26?,27-,30+,31?,32?,33?,34?,35+/m0/s1. The number of hydrogen-bond acceptors (Lipinski definition) is 6. The zero-order valence-corrected chi connectivity index (χ0v) is 24.2. The van der Waals surface area contributed by atoms with Crippen molar-refractivity contribution in [3.8, 4) is 5.75 Å². The molecule has 7 rings (SSSR count). The normalized spacial score (nSPS) is 40.9. The molecule has 3 saturated carbocycles. The van der Waals surface area contributed by atoms with E-state index in [0.29, 0.717) is 12.2 Å². The molecule has 6 unspecified atom stereocenters. The van der Waals surface area contributed by atoms with Crippen molar-refractivity contribution >= 4 is 22.3 Å². The Bertz CT molecular complexity index is 1450. The lowest BCUT2D eigenvalue weighted by Crippen LogP contribution is -2.63. The first kappa shape index (κ1) is 27.1. The Kier molecular flexibility index (Phi) is 6.35. The molecule has 4 fully saturated rings. The summed E-state index contributed by atoms with van der Waals surface area (Å²) in [6.07, 6.45) is 8.48. The summed E-state index contributed by atoms with van der Waals surface area (Å²) in [5.41, 5.74) is -1.03. The third-order valence-corrected chi connectivity index (χ3v) is 11.3. The number of benzene rings is 2. The smallest absolute Gasteiger partial charge is 0.205 e. The van der Waals surface area contributed by atoms with Gasteiger partial charge in [-0.05, 0) is 67.5 Å². The number of carbonyl (C=O) groups excluding carboxylic acids is 2. The number of hydrogen-bond donors (Lipinski definition) is 1. The number of Topliss-reactive ketones (excluding diaryl/α,β-unsaturated/α-hetero) is 1. The maximum absolute atomic E-state index is 14.5. The van der Waals surface area contributed by atoms with Gasteiger partial charge in [0.15, 0.2) is 17.7 Å². The predicted molar refractivity (Wildman–Crippen MR) is 155 cm³/mol. The van der Waals surface area contributed by atoms with E-state index in [-0.39, 0.29) is 47.4 Å². The van der Waals surface area contributed by atoms with Crippen molar-refractivity contribution in [2.45, 2.75) is 83.4 Å². The fourth-order valence-electron chi connectivity index (χ4n) is 9.58. The highest BCUT2D eigenvalue weighted by Gasteiger charge is 2.75. The van der Waals surface area contributed by atoms with E-state index in [0.717, 1.165) is 48.4 Å². The molecule has 0 aromatic heterocycles. The quantitative estimate of drug-likeness (QED) is 0.473. The molecule has 0 radical (unpaired) electrons. The lowest BCUT2D eigenvalue weighted by Gasteiger charge is -2.59. The maximum Gasteiger partial charge on any atom is 0.205 e. The molecule has 1 heterocycles. The number of allylic oxidation sites excluding steroid dienone is 4. The van der Waals surface area contributed by atoms with Crippen LogP contribution in [0.25, 0.3) is 10.8 Å². The van der Waals surface area contributed by atoms with Gasteiger partial charge in [-0.25, -0.2) is 0 Å². The van der Waals surface area contributed by atoms with Gasteiger partial charge in [0.2, 0.25) is 5.78 Å². The Morgan fingerprint density at radius 2 is 1.95 bits per heavy atom. The van der Waals surface area contributed by atoms with E-state index in [1.807, 2.05) is 48.5 Å². The van der Waals surface area contributed by atoms with Crippen molar-refractivity contribution in [3.05, 3.63) is 66.3 Å². The summed E-state index contributed by atoms with van der Waals surface area (Å²) in [5, 5.41) is 13.9. The van der Waals surface area contributed by atoms with E-state index in [4.69, 9.17) is 14.2 Å². The largest absolute Gasteiger partial charge is 0.485 e. The second-order valence-corrected chi connectivity index (χ2v) is 13.3. The second kappa shape index (κ2) is 9.62. The minimum atomic E-state index is -1.18. The molecule has 0 spiro atoms. The first-order valence-electron chi connectivity index (χ1n) is 15.3. The molecule has 216 valence electrons. The highest BCUT2D eigenvalue weighted by atomic mass is 16.7. The van der Waals surface area contributed by atoms with Crippen molar-refractivity contribution in [2.75, 3.05) is 6.61 Å². The topological polar surface area (TPSA) is 82.1 Å². The Morgan fingerprint density at radius 1 is 1.15 bits per heavy atom. The number of aliphatic hydroxyl groups is 1. The van der Waals surface area contributed by atoms with Gasteiger partial charge in [-0.1, -0.05) is 75.2 Å². The summed E-state index contributed by atoms with van der Waals surface area (Å²) in [6.45, 7) is 6.30. The van der Waals surface area contributed by atoms with Crippen LogP contribution in [0.15, 0.2) is 66.3 Å². The summed E-state index contributed by atoms with van der Waals surface area (Å²) in [4.78, 5) is 26.7. The molecule has 0 amide bonds. The van der Waals surface area contributed by atoms with Crippen molar-refractivity contribution in [1.29, 1.82) is 0 Å². The third kappa shape index (κ3) is 3.80. The first-order valence-corrected chi connectivity index (χ1v) is 15.3. The molecule has 0 bridgehead atoms. The van der Waals surface area contributed by atoms with Gasteiger partial charge in [-0.2, -0.15) is 0 Å². The number of carbonyl (C=O) groups is 2. The Hall–Kier alpha value is -2.80. The van der Waals surface area contributed by atoms with Crippen LogP contribution in [0.1, 0.15) is 59.3 Å². The summed E-state index contributed by atoms with van der Waals surface area (Å²) < 4.78 is 19.6. The first-order chi connectivity index (χ1) is 19.7. The second-order valence-electron chi connectivity index (χ2n) is 13.3. The number of ketones is 2. The van der Waals surface area contributed by atoms with Gasteiger partial charge < -0.3 is 19.3 Å².